The van der Waals surface area contributed by atoms with Gasteiger partial charge in [-0.05, 0) is 34.6 Å². The Labute approximate surface area is 189 Å². The van der Waals surface area contributed by atoms with Gasteiger partial charge in [-0.15, -0.1) is 11.3 Å². The standard InChI is InChI=1S/C24H22N2O5S/c1-24(2)10-15(27)21-18(11-24)30-22(26)14(12-25)20(21)13-6-7-16(17(9-13)29-3)31-23(28)19-5-4-8-32-19/h4-9,20H,10-11,26H2,1-3H3. The van der Waals surface area contributed by atoms with Gasteiger partial charge in [0.05, 0.1) is 13.0 Å². The molecule has 2 N–H and O–H groups in total. The number of allylic oxidation sites excluding steroid dienone is 3. The molecule has 1 atom stereocenters. The van der Waals surface area contributed by atoms with Gasteiger partial charge in [-0.2, -0.15) is 5.26 Å². The minimum absolute atomic E-state index is 0.00563. The number of methoxy groups -OCH3 is 1. The van der Waals surface area contributed by atoms with E-state index in [2.05, 4.69) is 6.07 Å². The molecule has 2 aliphatic rings. The minimum atomic E-state index is -0.678. The maximum absolute atomic E-state index is 13.1. The largest absolute Gasteiger partial charge is 0.493 e. The molecule has 4 rings (SSSR count). The fourth-order valence-electron chi connectivity index (χ4n) is 4.11. The highest BCUT2D eigenvalue weighted by Gasteiger charge is 2.43. The number of hydrogen-bond donors (Lipinski definition) is 1. The van der Waals surface area contributed by atoms with E-state index >= 15 is 0 Å². The van der Waals surface area contributed by atoms with Crippen molar-refractivity contribution in [3.63, 3.8) is 0 Å². The molecule has 0 spiro atoms. The number of benzene rings is 1. The van der Waals surface area contributed by atoms with Crippen molar-refractivity contribution in [2.75, 3.05) is 7.11 Å². The first-order valence-electron chi connectivity index (χ1n) is 10.0. The first-order chi connectivity index (χ1) is 15.2. The Balaban J connectivity index is 1.76. The Morgan fingerprint density at radius 2 is 2.06 bits per heavy atom. The summed E-state index contributed by atoms with van der Waals surface area (Å²) >= 11 is 1.28. The van der Waals surface area contributed by atoms with Crippen LogP contribution >= 0.6 is 11.3 Å². The van der Waals surface area contributed by atoms with Gasteiger partial charge in [0.15, 0.2) is 17.3 Å². The number of ether oxygens (including phenoxy) is 3. The van der Waals surface area contributed by atoms with E-state index in [1.54, 1.807) is 35.7 Å². The molecule has 0 fully saturated rings. The fraction of sp³-hybridized carbons (Fsp3) is 0.292. The Morgan fingerprint density at radius 1 is 1.28 bits per heavy atom. The second kappa shape index (κ2) is 8.17. The van der Waals surface area contributed by atoms with Crippen LogP contribution in [0.5, 0.6) is 11.5 Å². The van der Waals surface area contributed by atoms with Crippen LogP contribution in [0.4, 0.5) is 0 Å². The van der Waals surface area contributed by atoms with Crippen molar-refractivity contribution in [2.45, 2.75) is 32.6 Å². The highest BCUT2D eigenvalue weighted by atomic mass is 32.1. The average Bonchev–Trinajstić information content (AvgIpc) is 3.27. The van der Waals surface area contributed by atoms with Crippen LogP contribution in [-0.4, -0.2) is 18.9 Å². The zero-order chi connectivity index (χ0) is 23.0. The molecule has 1 aliphatic carbocycles. The van der Waals surface area contributed by atoms with E-state index in [4.69, 9.17) is 19.9 Å². The molecule has 1 aromatic carbocycles. The quantitative estimate of drug-likeness (QED) is 0.542. The fourth-order valence-corrected chi connectivity index (χ4v) is 4.71. The molecule has 1 aromatic heterocycles. The van der Waals surface area contributed by atoms with Gasteiger partial charge in [0.1, 0.15) is 22.3 Å². The normalized spacial score (nSPS) is 19.7. The van der Waals surface area contributed by atoms with E-state index in [-0.39, 0.29) is 28.4 Å². The third-order valence-electron chi connectivity index (χ3n) is 5.52. The van der Waals surface area contributed by atoms with E-state index in [0.29, 0.717) is 40.4 Å². The highest BCUT2D eigenvalue weighted by molar-refractivity contribution is 7.12. The number of nitrogens with two attached hydrogens (primary N) is 1. The summed E-state index contributed by atoms with van der Waals surface area (Å²) in [6.07, 6.45) is 0.885. The lowest BCUT2D eigenvalue weighted by molar-refractivity contribution is -0.119. The van der Waals surface area contributed by atoms with Crippen molar-refractivity contribution < 1.29 is 23.8 Å². The van der Waals surface area contributed by atoms with Crippen molar-refractivity contribution in [1.29, 1.82) is 5.26 Å². The molecular weight excluding hydrogens is 428 g/mol. The molecule has 0 amide bonds. The first-order valence-corrected chi connectivity index (χ1v) is 10.9. The monoisotopic (exact) mass is 450 g/mol. The molecule has 8 heteroatoms. The maximum atomic E-state index is 13.1. The van der Waals surface area contributed by atoms with Crippen LogP contribution in [0, 0.1) is 16.7 Å². The SMILES string of the molecule is COc1cc(C2C(C#N)=C(N)OC3=C2C(=O)CC(C)(C)C3)ccc1OC(=O)c1cccs1. The lowest BCUT2D eigenvalue weighted by Gasteiger charge is -2.37. The molecule has 0 saturated heterocycles. The maximum Gasteiger partial charge on any atom is 0.353 e. The molecule has 1 aliphatic heterocycles. The van der Waals surface area contributed by atoms with Crippen molar-refractivity contribution in [1.82, 2.24) is 0 Å². The van der Waals surface area contributed by atoms with Crippen LogP contribution in [-0.2, 0) is 9.53 Å². The summed E-state index contributed by atoms with van der Waals surface area (Å²) in [6, 6.07) is 10.5. The Bertz CT molecular complexity index is 1200. The van der Waals surface area contributed by atoms with Gasteiger partial charge in [-0.1, -0.05) is 26.0 Å². The number of nitriles is 1. The lowest BCUT2D eigenvalue weighted by Crippen LogP contribution is -2.33. The van der Waals surface area contributed by atoms with Gasteiger partial charge >= 0.3 is 5.97 Å². The van der Waals surface area contributed by atoms with Crippen LogP contribution in [0.15, 0.2) is 58.5 Å². The van der Waals surface area contributed by atoms with E-state index < -0.39 is 11.9 Å². The zero-order valence-corrected chi connectivity index (χ0v) is 18.7. The number of nitrogens with zero attached hydrogens (tertiary/aromatic N) is 1. The van der Waals surface area contributed by atoms with E-state index in [9.17, 15) is 14.9 Å². The number of hydrogen-bond acceptors (Lipinski definition) is 8. The summed E-state index contributed by atoms with van der Waals surface area (Å²) in [4.78, 5) is 25.9. The summed E-state index contributed by atoms with van der Waals surface area (Å²) in [5, 5.41) is 11.6. The van der Waals surface area contributed by atoms with Gasteiger partial charge in [0, 0.05) is 18.4 Å². The highest BCUT2D eigenvalue weighted by Crippen LogP contribution is 2.48. The molecule has 1 unspecified atom stereocenters. The molecule has 0 radical (unpaired) electrons. The van der Waals surface area contributed by atoms with E-state index in [1.807, 2.05) is 13.8 Å². The number of carbonyl (C=O) groups excluding carboxylic acids is 2. The Kier molecular flexibility index (Phi) is 5.53. The first kappa shape index (κ1) is 21.7. The van der Waals surface area contributed by atoms with Gasteiger partial charge in [-0.25, -0.2) is 4.79 Å². The summed E-state index contributed by atoms with van der Waals surface area (Å²) in [6.45, 7) is 3.99. The molecule has 2 heterocycles. The third kappa shape index (κ3) is 3.87. The van der Waals surface area contributed by atoms with Crippen molar-refractivity contribution in [3.8, 4) is 17.6 Å². The van der Waals surface area contributed by atoms with Crippen LogP contribution in [0.1, 0.15) is 47.8 Å². The zero-order valence-electron chi connectivity index (χ0n) is 17.9. The van der Waals surface area contributed by atoms with Gasteiger partial charge in [-0.3, -0.25) is 4.79 Å². The number of rotatable bonds is 4. The van der Waals surface area contributed by atoms with Crippen molar-refractivity contribution in [3.05, 3.63) is 68.9 Å². The molecule has 32 heavy (non-hydrogen) atoms. The minimum Gasteiger partial charge on any atom is -0.493 e. The number of carbonyl (C=O) groups is 2. The van der Waals surface area contributed by atoms with Crippen molar-refractivity contribution in [2.24, 2.45) is 11.1 Å². The molecule has 2 aromatic rings. The van der Waals surface area contributed by atoms with E-state index in [0.717, 1.165) is 0 Å². The van der Waals surface area contributed by atoms with Crippen LogP contribution in [0.25, 0.3) is 0 Å². The third-order valence-corrected chi connectivity index (χ3v) is 6.37. The van der Waals surface area contributed by atoms with Crippen LogP contribution in [0.2, 0.25) is 0 Å². The second-order valence-corrected chi connectivity index (χ2v) is 9.43. The smallest absolute Gasteiger partial charge is 0.353 e. The second-order valence-electron chi connectivity index (χ2n) is 8.48. The Hall–Kier alpha value is -3.57. The molecule has 0 saturated carbocycles. The van der Waals surface area contributed by atoms with Gasteiger partial charge < -0.3 is 19.9 Å². The Morgan fingerprint density at radius 3 is 2.72 bits per heavy atom. The van der Waals surface area contributed by atoms with Gasteiger partial charge in [0.25, 0.3) is 0 Å². The number of thiophene rings is 1. The van der Waals surface area contributed by atoms with E-state index in [1.165, 1.54) is 18.4 Å². The summed E-state index contributed by atoms with van der Waals surface area (Å²) in [7, 11) is 1.46. The van der Waals surface area contributed by atoms with Crippen LogP contribution < -0.4 is 15.2 Å². The summed E-state index contributed by atoms with van der Waals surface area (Å²) in [5.74, 6) is -0.206. The summed E-state index contributed by atoms with van der Waals surface area (Å²) in [5.41, 5.74) is 7.05. The predicted molar refractivity (Wildman–Crippen MR) is 118 cm³/mol. The molecule has 164 valence electrons. The molecular formula is C24H22N2O5S. The predicted octanol–water partition coefficient (Wildman–Crippen LogP) is 4.43. The number of ketones is 1. The van der Waals surface area contributed by atoms with Gasteiger partial charge in [0.2, 0.25) is 5.88 Å². The number of esters is 1. The topological polar surface area (TPSA) is 112 Å². The van der Waals surface area contributed by atoms with Crippen LogP contribution in [0.3, 0.4) is 0 Å². The molecule has 0 bridgehead atoms. The lowest BCUT2D eigenvalue weighted by atomic mass is 9.70. The average molecular weight is 451 g/mol. The number of Topliss-reactive ketones (excluding diaryl/α,β-unsaturated/α-hetero) is 1. The van der Waals surface area contributed by atoms with Crippen molar-refractivity contribution >= 4 is 23.1 Å². The summed E-state index contributed by atoms with van der Waals surface area (Å²) < 4.78 is 16.7. The molecule has 7 nitrogen and oxygen atoms in total.